The first-order valence-electron chi connectivity index (χ1n) is 10.7. The van der Waals surface area contributed by atoms with Crippen LogP contribution in [0.3, 0.4) is 0 Å². The van der Waals surface area contributed by atoms with Crippen LogP contribution in [-0.2, 0) is 4.79 Å². The maximum absolute atomic E-state index is 12.4. The van der Waals surface area contributed by atoms with Crippen molar-refractivity contribution in [2.45, 2.75) is 51.0 Å². The fourth-order valence-corrected chi connectivity index (χ4v) is 4.06. The average Bonchev–Trinajstić information content (AvgIpc) is 2.66. The molecular formula is C22H35N3O2. The largest absolute Gasteiger partial charge is 0.492 e. The fraction of sp³-hybridized carbons (Fsp3) is 0.682. The maximum atomic E-state index is 12.4. The summed E-state index contributed by atoms with van der Waals surface area (Å²) in [6.45, 7) is 6.14. The number of benzene rings is 1. The minimum Gasteiger partial charge on any atom is -0.492 e. The van der Waals surface area contributed by atoms with Gasteiger partial charge in [-0.15, -0.1) is 0 Å². The van der Waals surface area contributed by atoms with E-state index in [0.29, 0.717) is 19.2 Å². The number of nitrogens with zero attached hydrogens (tertiary/aromatic N) is 2. The van der Waals surface area contributed by atoms with Crippen LogP contribution in [0.25, 0.3) is 0 Å². The second-order valence-electron chi connectivity index (χ2n) is 7.89. The second kappa shape index (κ2) is 11.3. The van der Waals surface area contributed by atoms with Crippen molar-refractivity contribution >= 4 is 5.91 Å². The Morgan fingerprint density at radius 2 is 1.56 bits per heavy atom. The Morgan fingerprint density at radius 3 is 2.26 bits per heavy atom. The van der Waals surface area contributed by atoms with Gasteiger partial charge in [0.25, 0.3) is 0 Å². The molecule has 1 aliphatic carbocycles. The number of hydrogen-bond donors (Lipinski definition) is 1. The van der Waals surface area contributed by atoms with Gasteiger partial charge in [0.1, 0.15) is 12.4 Å². The first-order valence-corrected chi connectivity index (χ1v) is 10.7. The first-order chi connectivity index (χ1) is 13.3. The smallest absolute Gasteiger partial charge is 0.234 e. The molecule has 1 aromatic carbocycles. The van der Waals surface area contributed by atoms with Crippen LogP contribution in [0.2, 0.25) is 0 Å². The van der Waals surface area contributed by atoms with Gasteiger partial charge in [-0.1, -0.05) is 50.3 Å². The van der Waals surface area contributed by atoms with Gasteiger partial charge in [-0.2, -0.15) is 0 Å². The van der Waals surface area contributed by atoms with Crippen LogP contribution in [-0.4, -0.2) is 67.6 Å². The molecule has 1 amide bonds. The molecule has 1 N–H and O–H groups in total. The van der Waals surface area contributed by atoms with Crippen LogP contribution in [0, 0.1) is 0 Å². The normalized spacial score (nSPS) is 20.6. The molecule has 150 valence electrons. The highest BCUT2D eigenvalue weighted by Crippen LogP contribution is 2.17. The summed E-state index contributed by atoms with van der Waals surface area (Å²) in [6.07, 6.45) is 8.83. The van der Waals surface area contributed by atoms with Gasteiger partial charge in [-0.3, -0.25) is 14.6 Å². The SMILES string of the molecule is O=C(CN1CCN(CCOc2ccccc2)CC1)NC1CCCCCCC1. The Balaban J connectivity index is 1.28. The van der Waals surface area contributed by atoms with Crippen LogP contribution in [0.1, 0.15) is 44.9 Å². The molecule has 1 heterocycles. The zero-order valence-electron chi connectivity index (χ0n) is 16.6. The third-order valence-corrected chi connectivity index (χ3v) is 5.72. The molecule has 5 nitrogen and oxygen atoms in total. The summed E-state index contributed by atoms with van der Waals surface area (Å²) in [6, 6.07) is 10.4. The van der Waals surface area contributed by atoms with Gasteiger partial charge in [0.15, 0.2) is 0 Å². The summed E-state index contributed by atoms with van der Waals surface area (Å²) in [5, 5.41) is 3.28. The van der Waals surface area contributed by atoms with Crippen molar-refractivity contribution in [2.24, 2.45) is 0 Å². The summed E-state index contributed by atoms with van der Waals surface area (Å²) < 4.78 is 5.78. The molecule has 1 saturated carbocycles. The molecule has 5 heteroatoms. The van der Waals surface area contributed by atoms with Gasteiger partial charge in [-0.05, 0) is 25.0 Å². The number of rotatable bonds is 7. The van der Waals surface area contributed by atoms with E-state index in [0.717, 1.165) is 51.3 Å². The summed E-state index contributed by atoms with van der Waals surface area (Å²) in [7, 11) is 0. The molecule has 0 bridgehead atoms. The van der Waals surface area contributed by atoms with E-state index in [1.807, 2.05) is 30.3 Å². The number of nitrogens with one attached hydrogen (secondary N) is 1. The van der Waals surface area contributed by atoms with Gasteiger partial charge >= 0.3 is 0 Å². The van der Waals surface area contributed by atoms with E-state index in [1.54, 1.807) is 0 Å². The topological polar surface area (TPSA) is 44.8 Å². The maximum Gasteiger partial charge on any atom is 0.234 e. The highest BCUT2D eigenvalue weighted by atomic mass is 16.5. The monoisotopic (exact) mass is 373 g/mol. The van der Waals surface area contributed by atoms with Crippen molar-refractivity contribution in [1.82, 2.24) is 15.1 Å². The van der Waals surface area contributed by atoms with E-state index in [4.69, 9.17) is 4.74 Å². The van der Waals surface area contributed by atoms with Crippen LogP contribution in [0.5, 0.6) is 5.75 Å². The van der Waals surface area contributed by atoms with Crippen molar-refractivity contribution in [2.75, 3.05) is 45.9 Å². The number of carbonyl (C=O) groups excluding carboxylic acids is 1. The zero-order valence-corrected chi connectivity index (χ0v) is 16.6. The fourth-order valence-electron chi connectivity index (χ4n) is 4.06. The highest BCUT2D eigenvalue weighted by Gasteiger charge is 2.20. The van der Waals surface area contributed by atoms with Gasteiger partial charge in [0.2, 0.25) is 5.91 Å². The van der Waals surface area contributed by atoms with Gasteiger partial charge in [0, 0.05) is 38.8 Å². The Labute approximate surface area is 164 Å². The summed E-state index contributed by atoms with van der Waals surface area (Å²) >= 11 is 0. The van der Waals surface area contributed by atoms with E-state index in [1.165, 1.54) is 32.1 Å². The number of para-hydroxylation sites is 1. The Hall–Kier alpha value is -1.59. The number of ether oxygens (including phenoxy) is 1. The minimum absolute atomic E-state index is 0.210. The van der Waals surface area contributed by atoms with E-state index >= 15 is 0 Å². The van der Waals surface area contributed by atoms with Crippen LogP contribution < -0.4 is 10.1 Å². The molecule has 3 rings (SSSR count). The number of piperazine rings is 1. The Morgan fingerprint density at radius 1 is 0.926 bits per heavy atom. The number of hydrogen-bond acceptors (Lipinski definition) is 4. The quantitative estimate of drug-likeness (QED) is 0.798. The molecule has 0 spiro atoms. The molecule has 0 atom stereocenters. The summed E-state index contributed by atoms with van der Waals surface area (Å²) in [4.78, 5) is 17.1. The Kier molecular flexibility index (Phi) is 8.43. The zero-order chi connectivity index (χ0) is 18.7. The summed E-state index contributed by atoms with van der Waals surface area (Å²) in [5.41, 5.74) is 0. The molecule has 2 aliphatic rings. The average molecular weight is 374 g/mol. The standard InChI is InChI=1S/C22H35N3O2/c26-22(23-20-9-5-2-1-3-6-10-20)19-25-15-13-24(14-16-25)17-18-27-21-11-7-4-8-12-21/h4,7-8,11-12,20H,1-3,5-6,9-10,13-19H2,(H,23,26). The van der Waals surface area contributed by atoms with Crippen molar-refractivity contribution < 1.29 is 9.53 Å². The van der Waals surface area contributed by atoms with E-state index < -0.39 is 0 Å². The van der Waals surface area contributed by atoms with Crippen molar-refractivity contribution in [1.29, 1.82) is 0 Å². The lowest BCUT2D eigenvalue weighted by Gasteiger charge is -2.34. The highest BCUT2D eigenvalue weighted by molar-refractivity contribution is 5.78. The van der Waals surface area contributed by atoms with Crippen LogP contribution in [0.15, 0.2) is 30.3 Å². The molecule has 0 unspecified atom stereocenters. The van der Waals surface area contributed by atoms with Crippen molar-refractivity contribution in [3.05, 3.63) is 30.3 Å². The van der Waals surface area contributed by atoms with E-state index in [9.17, 15) is 4.79 Å². The minimum atomic E-state index is 0.210. The van der Waals surface area contributed by atoms with E-state index in [-0.39, 0.29) is 5.91 Å². The first kappa shape index (κ1) is 20.2. The third kappa shape index (κ3) is 7.51. The Bertz CT molecular complexity index is 536. The predicted octanol–water partition coefficient (Wildman–Crippen LogP) is 2.91. The second-order valence-corrected chi connectivity index (χ2v) is 7.89. The molecular weight excluding hydrogens is 338 g/mol. The molecule has 1 aliphatic heterocycles. The van der Waals surface area contributed by atoms with Crippen LogP contribution in [0.4, 0.5) is 0 Å². The van der Waals surface area contributed by atoms with Gasteiger partial charge < -0.3 is 10.1 Å². The molecule has 27 heavy (non-hydrogen) atoms. The number of amides is 1. The molecule has 1 aromatic rings. The number of carbonyl (C=O) groups is 1. The van der Waals surface area contributed by atoms with Crippen molar-refractivity contribution in [3.8, 4) is 5.75 Å². The lowest BCUT2D eigenvalue weighted by Crippen LogP contribution is -2.51. The van der Waals surface area contributed by atoms with Gasteiger partial charge in [-0.25, -0.2) is 0 Å². The summed E-state index contributed by atoms with van der Waals surface area (Å²) in [5.74, 6) is 1.14. The van der Waals surface area contributed by atoms with Gasteiger partial charge in [0.05, 0.1) is 6.54 Å². The molecule has 1 saturated heterocycles. The lowest BCUT2D eigenvalue weighted by molar-refractivity contribution is -0.123. The van der Waals surface area contributed by atoms with Crippen molar-refractivity contribution in [3.63, 3.8) is 0 Å². The predicted molar refractivity (Wildman–Crippen MR) is 109 cm³/mol. The molecule has 0 aromatic heterocycles. The molecule has 2 fully saturated rings. The van der Waals surface area contributed by atoms with E-state index in [2.05, 4.69) is 15.1 Å². The lowest BCUT2D eigenvalue weighted by atomic mass is 9.97. The third-order valence-electron chi connectivity index (χ3n) is 5.72. The van der Waals surface area contributed by atoms with Crippen LogP contribution >= 0.6 is 0 Å². The molecule has 0 radical (unpaired) electrons.